The molecule has 4 heteroatoms. The summed E-state index contributed by atoms with van der Waals surface area (Å²) in [7, 11) is 1.94. The van der Waals surface area contributed by atoms with Crippen LogP contribution in [0.4, 0.5) is 0 Å². The number of aromatic nitrogens is 1. The monoisotopic (exact) mass is 316 g/mol. The van der Waals surface area contributed by atoms with Crippen LogP contribution in [0.5, 0.6) is 0 Å². The van der Waals surface area contributed by atoms with E-state index < -0.39 is 0 Å². The first-order chi connectivity index (χ1) is 9.29. The van der Waals surface area contributed by atoms with Gasteiger partial charge in [0.15, 0.2) is 4.67 Å². The van der Waals surface area contributed by atoms with E-state index >= 15 is 0 Å². The van der Waals surface area contributed by atoms with Gasteiger partial charge in [-0.05, 0) is 46.7 Å². The fourth-order valence-electron chi connectivity index (χ4n) is 2.28. The van der Waals surface area contributed by atoms with Gasteiger partial charge in [0.25, 0.3) is 0 Å². The molecule has 2 aromatic heterocycles. The summed E-state index contributed by atoms with van der Waals surface area (Å²) >= 11 is 3.43. The molecule has 96 valence electrons. The van der Waals surface area contributed by atoms with Crippen molar-refractivity contribution in [3.63, 3.8) is 0 Å². The van der Waals surface area contributed by atoms with Crippen molar-refractivity contribution in [3.05, 3.63) is 64.7 Å². The summed E-state index contributed by atoms with van der Waals surface area (Å²) in [6.45, 7) is 0. The molecule has 0 saturated carbocycles. The Morgan fingerprint density at radius 2 is 2.16 bits per heavy atom. The SMILES string of the molecule is CNC(c1ccc2cccnc2c1)c1ccoc1Br. The van der Waals surface area contributed by atoms with E-state index in [1.54, 1.807) is 6.26 Å². The van der Waals surface area contributed by atoms with Crippen LogP contribution in [0, 0.1) is 0 Å². The molecule has 1 atom stereocenters. The summed E-state index contributed by atoms with van der Waals surface area (Å²) in [6.07, 6.45) is 3.50. The first kappa shape index (κ1) is 12.4. The van der Waals surface area contributed by atoms with Gasteiger partial charge in [0.1, 0.15) is 0 Å². The topological polar surface area (TPSA) is 38.1 Å². The Bertz CT molecular complexity index is 708. The highest BCUT2D eigenvalue weighted by Crippen LogP contribution is 2.30. The van der Waals surface area contributed by atoms with Crippen LogP contribution in [0.3, 0.4) is 0 Å². The van der Waals surface area contributed by atoms with Gasteiger partial charge in [-0.3, -0.25) is 4.98 Å². The molecule has 0 radical (unpaired) electrons. The van der Waals surface area contributed by atoms with Gasteiger partial charge in [0.05, 0.1) is 17.8 Å². The highest BCUT2D eigenvalue weighted by molar-refractivity contribution is 9.10. The Kier molecular flexibility index (Phi) is 3.36. The van der Waals surface area contributed by atoms with Crippen LogP contribution in [0.15, 0.2) is 57.9 Å². The van der Waals surface area contributed by atoms with Crippen molar-refractivity contribution < 1.29 is 4.42 Å². The van der Waals surface area contributed by atoms with Gasteiger partial charge in [-0.25, -0.2) is 0 Å². The van der Waals surface area contributed by atoms with Crippen LogP contribution in [-0.4, -0.2) is 12.0 Å². The van der Waals surface area contributed by atoms with Gasteiger partial charge in [-0.15, -0.1) is 0 Å². The average molecular weight is 317 g/mol. The zero-order chi connectivity index (χ0) is 13.2. The number of halogens is 1. The number of pyridine rings is 1. The minimum atomic E-state index is 0.0829. The van der Waals surface area contributed by atoms with E-state index in [-0.39, 0.29) is 6.04 Å². The maximum atomic E-state index is 5.32. The molecule has 1 aromatic carbocycles. The first-order valence-corrected chi connectivity index (χ1v) is 6.84. The molecule has 1 N–H and O–H groups in total. The zero-order valence-corrected chi connectivity index (χ0v) is 12.0. The molecule has 1 unspecified atom stereocenters. The second-order valence-corrected chi connectivity index (χ2v) is 5.05. The molecule has 0 aliphatic heterocycles. The largest absolute Gasteiger partial charge is 0.457 e. The molecule has 3 rings (SSSR count). The van der Waals surface area contributed by atoms with Crippen molar-refractivity contribution >= 4 is 26.8 Å². The molecule has 2 heterocycles. The van der Waals surface area contributed by atoms with E-state index in [2.05, 4.69) is 50.5 Å². The minimum absolute atomic E-state index is 0.0829. The van der Waals surface area contributed by atoms with Crippen molar-refractivity contribution in [2.45, 2.75) is 6.04 Å². The zero-order valence-electron chi connectivity index (χ0n) is 10.4. The summed E-state index contributed by atoms with van der Waals surface area (Å²) in [5.41, 5.74) is 3.24. The van der Waals surface area contributed by atoms with Gasteiger partial charge in [-0.2, -0.15) is 0 Å². The highest BCUT2D eigenvalue weighted by Gasteiger charge is 2.17. The molecule has 0 aliphatic carbocycles. The van der Waals surface area contributed by atoms with E-state index in [9.17, 15) is 0 Å². The second kappa shape index (κ2) is 5.15. The fraction of sp³-hybridized carbons (Fsp3) is 0.133. The molecule has 0 spiro atoms. The third-order valence-electron chi connectivity index (χ3n) is 3.21. The van der Waals surface area contributed by atoms with Gasteiger partial charge in [0, 0.05) is 17.1 Å². The number of benzene rings is 1. The maximum Gasteiger partial charge on any atom is 0.174 e. The van der Waals surface area contributed by atoms with Gasteiger partial charge in [0.2, 0.25) is 0 Å². The summed E-state index contributed by atoms with van der Waals surface area (Å²) in [4.78, 5) is 4.40. The van der Waals surface area contributed by atoms with Crippen molar-refractivity contribution in [1.82, 2.24) is 10.3 Å². The number of hydrogen-bond donors (Lipinski definition) is 1. The van der Waals surface area contributed by atoms with Crippen LogP contribution >= 0.6 is 15.9 Å². The summed E-state index contributed by atoms with van der Waals surface area (Å²) in [5, 5.41) is 4.45. The Balaban J connectivity index is 2.09. The molecule has 19 heavy (non-hydrogen) atoms. The number of furan rings is 1. The average Bonchev–Trinajstić information content (AvgIpc) is 2.86. The molecule has 0 fully saturated rings. The lowest BCUT2D eigenvalue weighted by molar-refractivity contribution is 0.530. The summed E-state index contributed by atoms with van der Waals surface area (Å²) < 4.78 is 6.07. The number of fused-ring (bicyclic) bond motifs is 1. The van der Waals surface area contributed by atoms with E-state index in [1.165, 1.54) is 0 Å². The fourth-order valence-corrected chi connectivity index (χ4v) is 2.74. The lowest BCUT2D eigenvalue weighted by atomic mass is 10.00. The molecular weight excluding hydrogens is 304 g/mol. The van der Waals surface area contributed by atoms with Gasteiger partial charge >= 0.3 is 0 Å². The van der Waals surface area contributed by atoms with Crippen molar-refractivity contribution in [2.24, 2.45) is 0 Å². The standard InChI is InChI=1S/C15H13BrN2O/c1-17-14(12-6-8-19-15(12)16)11-5-4-10-3-2-7-18-13(10)9-11/h2-9,14,17H,1H3. The second-order valence-electron chi connectivity index (χ2n) is 4.33. The van der Waals surface area contributed by atoms with Crippen molar-refractivity contribution in [1.29, 1.82) is 0 Å². The van der Waals surface area contributed by atoms with Crippen LogP contribution in [0.2, 0.25) is 0 Å². The molecule has 3 aromatic rings. The number of nitrogens with zero attached hydrogens (tertiary/aromatic N) is 1. The number of nitrogens with one attached hydrogen (secondary N) is 1. The van der Waals surface area contributed by atoms with Crippen LogP contribution < -0.4 is 5.32 Å². The maximum absolute atomic E-state index is 5.32. The lowest BCUT2D eigenvalue weighted by Gasteiger charge is -2.16. The molecule has 0 bridgehead atoms. The summed E-state index contributed by atoms with van der Waals surface area (Å²) in [6, 6.07) is 12.4. The third kappa shape index (κ3) is 2.29. The first-order valence-electron chi connectivity index (χ1n) is 6.04. The normalized spacial score (nSPS) is 12.7. The predicted octanol–water partition coefficient (Wildman–Crippen LogP) is 3.90. The van der Waals surface area contributed by atoms with E-state index in [0.717, 1.165) is 26.7 Å². The van der Waals surface area contributed by atoms with Gasteiger partial charge in [-0.1, -0.05) is 18.2 Å². The third-order valence-corrected chi connectivity index (χ3v) is 3.85. The Morgan fingerprint density at radius 3 is 2.89 bits per heavy atom. The minimum Gasteiger partial charge on any atom is -0.457 e. The quantitative estimate of drug-likeness (QED) is 0.796. The Hall–Kier alpha value is -1.65. The molecule has 0 saturated heterocycles. The molecule has 0 amide bonds. The lowest BCUT2D eigenvalue weighted by Crippen LogP contribution is -2.17. The van der Waals surface area contributed by atoms with Crippen LogP contribution in [-0.2, 0) is 0 Å². The molecule has 0 aliphatic rings. The Labute approximate surface area is 119 Å². The molecule has 3 nitrogen and oxygen atoms in total. The van der Waals surface area contributed by atoms with Crippen molar-refractivity contribution in [2.75, 3.05) is 7.05 Å². The van der Waals surface area contributed by atoms with Gasteiger partial charge < -0.3 is 9.73 Å². The smallest absolute Gasteiger partial charge is 0.174 e. The predicted molar refractivity (Wildman–Crippen MR) is 79.1 cm³/mol. The Morgan fingerprint density at radius 1 is 1.26 bits per heavy atom. The number of hydrogen-bond acceptors (Lipinski definition) is 3. The summed E-state index contributed by atoms with van der Waals surface area (Å²) in [5.74, 6) is 0. The van der Waals surface area contributed by atoms with E-state index in [0.29, 0.717) is 0 Å². The number of rotatable bonds is 3. The van der Waals surface area contributed by atoms with E-state index in [4.69, 9.17) is 4.42 Å². The highest BCUT2D eigenvalue weighted by atomic mass is 79.9. The molecular formula is C15H13BrN2O. The van der Waals surface area contributed by atoms with Crippen LogP contribution in [0.1, 0.15) is 17.2 Å². The van der Waals surface area contributed by atoms with Crippen molar-refractivity contribution in [3.8, 4) is 0 Å². The van der Waals surface area contributed by atoms with Crippen LogP contribution in [0.25, 0.3) is 10.9 Å². The van der Waals surface area contributed by atoms with E-state index in [1.807, 2.05) is 25.4 Å².